The van der Waals surface area contributed by atoms with E-state index in [1.807, 2.05) is 6.07 Å². The van der Waals surface area contributed by atoms with Crippen LogP contribution in [0.3, 0.4) is 0 Å². The van der Waals surface area contributed by atoms with Crippen molar-refractivity contribution < 1.29 is 0 Å². The van der Waals surface area contributed by atoms with Crippen LogP contribution in [0.4, 0.5) is 0 Å². The SMILES string of the molecule is C(=C\c1ccc(-c2ccc3c4ccccc4c4ccccc4c3c2)cc1)/c1ccccc1. The quantitative estimate of drug-likeness (QED) is 0.203. The van der Waals surface area contributed by atoms with Crippen LogP contribution in [0, 0.1) is 0 Å². The molecule has 0 unspecified atom stereocenters. The molecule has 0 aromatic heterocycles. The minimum atomic E-state index is 1.20. The van der Waals surface area contributed by atoms with E-state index in [4.69, 9.17) is 0 Å². The number of rotatable bonds is 3. The normalized spacial score (nSPS) is 11.6. The Labute approximate surface area is 188 Å². The van der Waals surface area contributed by atoms with E-state index in [0.717, 1.165) is 0 Å². The number of fused-ring (bicyclic) bond motifs is 6. The molecule has 32 heavy (non-hydrogen) atoms. The second-order valence-corrected chi connectivity index (χ2v) is 8.22. The van der Waals surface area contributed by atoms with Crippen LogP contribution in [-0.4, -0.2) is 0 Å². The van der Waals surface area contributed by atoms with Crippen LogP contribution in [0.25, 0.3) is 55.6 Å². The molecule has 0 amide bonds. The highest BCUT2D eigenvalue weighted by Gasteiger charge is 2.09. The van der Waals surface area contributed by atoms with Gasteiger partial charge in [0.05, 0.1) is 0 Å². The monoisotopic (exact) mass is 406 g/mol. The van der Waals surface area contributed by atoms with Gasteiger partial charge in [0.25, 0.3) is 0 Å². The van der Waals surface area contributed by atoms with Crippen molar-refractivity contribution in [2.45, 2.75) is 0 Å². The zero-order chi connectivity index (χ0) is 21.3. The van der Waals surface area contributed by atoms with E-state index in [-0.39, 0.29) is 0 Å². The van der Waals surface area contributed by atoms with E-state index in [1.54, 1.807) is 0 Å². The molecule has 150 valence electrons. The van der Waals surface area contributed by atoms with Crippen molar-refractivity contribution in [1.29, 1.82) is 0 Å². The molecule has 0 N–H and O–H groups in total. The molecule has 0 aliphatic rings. The Morgan fingerprint density at radius 2 is 0.750 bits per heavy atom. The van der Waals surface area contributed by atoms with Crippen LogP contribution in [0.2, 0.25) is 0 Å². The first-order valence-corrected chi connectivity index (χ1v) is 11.0. The van der Waals surface area contributed by atoms with E-state index in [0.29, 0.717) is 0 Å². The minimum absolute atomic E-state index is 1.20. The summed E-state index contributed by atoms with van der Waals surface area (Å²) in [4.78, 5) is 0. The molecule has 6 rings (SSSR count). The summed E-state index contributed by atoms with van der Waals surface area (Å²) in [6, 6.07) is 43.6. The van der Waals surface area contributed by atoms with Gasteiger partial charge in [-0.25, -0.2) is 0 Å². The highest BCUT2D eigenvalue weighted by molar-refractivity contribution is 6.25. The molecule has 0 heteroatoms. The molecule has 0 nitrogen and oxygen atoms in total. The Hall–Kier alpha value is -4.16. The van der Waals surface area contributed by atoms with Crippen molar-refractivity contribution >= 4 is 44.5 Å². The third kappa shape index (κ3) is 3.27. The first kappa shape index (κ1) is 18.6. The van der Waals surface area contributed by atoms with Crippen molar-refractivity contribution in [3.05, 3.63) is 132 Å². The molecule has 0 saturated carbocycles. The Balaban J connectivity index is 1.44. The summed E-state index contributed by atoms with van der Waals surface area (Å²) >= 11 is 0. The van der Waals surface area contributed by atoms with Gasteiger partial charge in [-0.2, -0.15) is 0 Å². The molecule has 0 aliphatic carbocycles. The van der Waals surface area contributed by atoms with E-state index >= 15 is 0 Å². The highest BCUT2D eigenvalue weighted by atomic mass is 14.1. The molecular weight excluding hydrogens is 384 g/mol. The number of hydrogen-bond donors (Lipinski definition) is 0. The van der Waals surface area contributed by atoms with Crippen molar-refractivity contribution in [3.63, 3.8) is 0 Å². The van der Waals surface area contributed by atoms with Gasteiger partial charge >= 0.3 is 0 Å². The van der Waals surface area contributed by atoms with Gasteiger partial charge in [0.2, 0.25) is 0 Å². The van der Waals surface area contributed by atoms with Crippen LogP contribution in [0.15, 0.2) is 121 Å². The van der Waals surface area contributed by atoms with E-state index in [1.165, 1.54) is 54.6 Å². The zero-order valence-corrected chi connectivity index (χ0v) is 17.7. The molecule has 0 atom stereocenters. The lowest BCUT2D eigenvalue weighted by Gasteiger charge is -2.12. The van der Waals surface area contributed by atoms with Gasteiger partial charge in [-0.15, -0.1) is 0 Å². The standard InChI is InChI=1S/C32H22/c1-2-8-23(9-3-1)14-15-24-16-18-25(19-17-24)26-20-21-31-29-12-5-4-10-27(29)28-11-6-7-13-30(28)32(31)22-26/h1-22H/b15-14+. The molecule has 6 aromatic carbocycles. The largest absolute Gasteiger partial charge is 0.0622 e. The van der Waals surface area contributed by atoms with Crippen LogP contribution < -0.4 is 0 Å². The number of hydrogen-bond acceptors (Lipinski definition) is 0. The molecule has 6 aromatic rings. The van der Waals surface area contributed by atoms with Crippen molar-refractivity contribution in [2.75, 3.05) is 0 Å². The molecular formula is C32H22. The summed E-state index contributed by atoms with van der Waals surface area (Å²) < 4.78 is 0. The Bertz CT molecular complexity index is 1550. The summed E-state index contributed by atoms with van der Waals surface area (Å²) in [5.74, 6) is 0. The van der Waals surface area contributed by atoms with Crippen molar-refractivity contribution in [2.24, 2.45) is 0 Å². The third-order valence-corrected chi connectivity index (χ3v) is 6.26. The summed E-state index contributed by atoms with van der Waals surface area (Å²) in [5, 5.41) is 7.88. The third-order valence-electron chi connectivity index (χ3n) is 6.26. The van der Waals surface area contributed by atoms with Gasteiger partial charge in [0, 0.05) is 0 Å². The van der Waals surface area contributed by atoms with Gasteiger partial charge in [-0.3, -0.25) is 0 Å². The fourth-order valence-electron chi connectivity index (χ4n) is 4.63. The van der Waals surface area contributed by atoms with E-state index in [9.17, 15) is 0 Å². The first-order valence-electron chi connectivity index (χ1n) is 11.0. The average molecular weight is 407 g/mol. The van der Waals surface area contributed by atoms with Crippen LogP contribution in [0.5, 0.6) is 0 Å². The highest BCUT2D eigenvalue weighted by Crippen LogP contribution is 2.37. The predicted molar refractivity (Wildman–Crippen MR) is 140 cm³/mol. The van der Waals surface area contributed by atoms with Crippen molar-refractivity contribution in [3.8, 4) is 11.1 Å². The zero-order valence-electron chi connectivity index (χ0n) is 17.7. The maximum atomic E-state index is 2.35. The maximum absolute atomic E-state index is 2.35. The molecule has 0 heterocycles. The van der Waals surface area contributed by atoms with E-state index < -0.39 is 0 Å². The smallest absolute Gasteiger partial charge is 0.00928 e. The lowest BCUT2D eigenvalue weighted by molar-refractivity contribution is 1.62. The van der Waals surface area contributed by atoms with Gasteiger partial charge in [0.15, 0.2) is 0 Å². The summed E-state index contributed by atoms with van der Waals surface area (Å²) in [6.07, 6.45) is 4.32. The molecule has 0 aliphatic heterocycles. The van der Waals surface area contributed by atoms with Gasteiger partial charge < -0.3 is 0 Å². The van der Waals surface area contributed by atoms with Gasteiger partial charge in [-0.1, -0.05) is 127 Å². The average Bonchev–Trinajstić information content (AvgIpc) is 2.88. The molecule has 0 radical (unpaired) electrons. The lowest BCUT2D eigenvalue weighted by Crippen LogP contribution is -1.85. The summed E-state index contributed by atoms with van der Waals surface area (Å²) in [5.41, 5.74) is 4.90. The van der Waals surface area contributed by atoms with Gasteiger partial charge in [0.1, 0.15) is 0 Å². The molecule has 0 bridgehead atoms. The molecule has 0 fully saturated rings. The van der Waals surface area contributed by atoms with Crippen LogP contribution in [-0.2, 0) is 0 Å². The second kappa shape index (κ2) is 7.83. The maximum Gasteiger partial charge on any atom is -0.00928 e. The summed E-state index contributed by atoms with van der Waals surface area (Å²) in [6.45, 7) is 0. The minimum Gasteiger partial charge on any atom is -0.0622 e. The van der Waals surface area contributed by atoms with Crippen LogP contribution >= 0.6 is 0 Å². The van der Waals surface area contributed by atoms with Crippen LogP contribution in [0.1, 0.15) is 11.1 Å². The molecule has 0 saturated heterocycles. The number of benzene rings is 6. The Morgan fingerprint density at radius 3 is 1.34 bits per heavy atom. The van der Waals surface area contributed by atoms with Gasteiger partial charge in [-0.05, 0) is 60.6 Å². The fraction of sp³-hybridized carbons (Fsp3) is 0. The lowest BCUT2D eigenvalue weighted by atomic mass is 9.92. The van der Waals surface area contributed by atoms with Crippen molar-refractivity contribution in [1.82, 2.24) is 0 Å². The predicted octanol–water partition coefficient (Wildman–Crippen LogP) is 8.98. The topological polar surface area (TPSA) is 0 Å². The molecule has 0 spiro atoms. The second-order valence-electron chi connectivity index (χ2n) is 8.22. The summed E-state index contributed by atoms with van der Waals surface area (Å²) in [7, 11) is 0. The first-order chi connectivity index (χ1) is 15.9. The van der Waals surface area contributed by atoms with E-state index in [2.05, 4.69) is 127 Å². The Morgan fingerprint density at radius 1 is 0.312 bits per heavy atom. The Kier molecular flexibility index (Phi) is 4.55. The fourth-order valence-corrected chi connectivity index (χ4v) is 4.63.